The first-order chi connectivity index (χ1) is 14.1. The van der Waals surface area contributed by atoms with Crippen LogP contribution < -0.4 is 15.1 Å². The van der Waals surface area contributed by atoms with Crippen molar-refractivity contribution in [2.75, 3.05) is 44.7 Å². The molecule has 3 heterocycles. The van der Waals surface area contributed by atoms with E-state index >= 15 is 0 Å². The third-order valence-electron chi connectivity index (χ3n) is 5.53. The minimum absolute atomic E-state index is 0.128. The van der Waals surface area contributed by atoms with Crippen molar-refractivity contribution >= 4 is 23.5 Å². The van der Waals surface area contributed by atoms with Crippen LogP contribution in [0.25, 0.3) is 0 Å². The molecule has 1 saturated heterocycles. The fourth-order valence-corrected chi connectivity index (χ4v) is 4.11. The number of piperazine rings is 1. The number of furan rings is 1. The Morgan fingerprint density at radius 3 is 2.83 bits per heavy atom. The van der Waals surface area contributed by atoms with Gasteiger partial charge in [-0.1, -0.05) is 18.7 Å². The highest BCUT2D eigenvalue weighted by Crippen LogP contribution is 2.28. The monoisotopic (exact) mass is 416 g/mol. The lowest BCUT2D eigenvalue weighted by Gasteiger charge is -2.31. The Balaban J connectivity index is 1.37. The summed E-state index contributed by atoms with van der Waals surface area (Å²) in [5, 5.41) is 3.70. The lowest BCUT2D eigenvalue weighted by atomic mass is 10.3. The van der Waals surface area contributed by atoms with Crippen LogP contribution in [0.4, 0.5) is 5.82 Å². The Bertz CT molecular complexity index is 843. The maximum atomic E-state index is 12.1. The molecule has 1 aliphatic heterocycles. The van der Waals surface area contributed by atoms with E-state index in [0.717, 1.165) is 61.6 Å². The Hall–Kier alpha value is -2.06. The van der Waals surface area contributed by atoms with Crippen molar-refractivity contribution in [3.63, 3.8) is 0 Å². The summed E-state index contributed by atoms with van der Waals surface area (Å²) >= 11 is 1.56. The normalized spacial score (nSPS) is 17.5. The quantitative estimate of drug-likeness (QED) is 0.501. The number of carbonyl (C=O) groups excluding carboxylic acids is 1. The van der Waals surface area contributed by atoms with Crippen molar-refractivity contribution in [1.29, 1.82) is 0 Å². The first-order valence-corrected chi connectivity index (χ1v) is 11.5. The van der Waals surface area contributed by atoms with E-state index in [1.807, 2.05) is 6.07 Å². The zero-order valence-corrected chi connectivity index (χ0v) is 18.1. The number of thioether (sulfide) groups is 1. The second kappa shape index (κ2) is 9.17. The first kappa shape index (κ1) is 20.2. The van der Waals surface area contributed by atoms with Gasteiger partial charge in [0.2, 0.25) is 0 Å². The summed E-state index contributed by atoms with van der Waals surface area (Å²) in [4.78, 5) is 25.5. The highest BCUT2D eigenvalue weighted by molar-refractivity contribution is 7.98. The Kier molecular flexibility index (Phi) is 6.40. The van der Waals surface area contributed by atoms with E-state index < -0.39 is 0 Å². The number of amides is 1. The minimum Gasteiger partial charge on any atom is -0.455 e. The molecule has 1 saturated carbocycles. The van der Waals surface area contributed by atoms with Crippen molar-refractivity contribution in [3.8, 4) is 0 Å². The zero-order valence-electron chi connectivity index (χ0n) is 17.2. The number of anilines is 1. The summed E-state index contributed by atoms with van der Waals surface area (Å²) < 4.78 is 5.73. The molecule has 2 aliphatic rings. The van der Waals surface area contributed by atoms with Crippen LogP contribution in [0.1, 0.15) is 41.8 Å². The maximum absolute atomic E-state index is 12.1. The molecule has 8 heteroatoms. The summed E-state index contributed by atoms with van der Waals surface area (Å²) in [6.07, 6.45) is 3.32. The molecule has 2 fully saturated rings. The molecule has 1 amide bonds. The molecule has 1 aliphatic carbocycles. The summed E-state index contributed by atoms with van der Waals surface area (Å²) in [6.45, 7) is 7.17. The van der Waals surface area contributed by atoms with Gasteiger partial charge in [-0.25, -0.2) is 9.97 Å². The summed E-state index contributed by atoms with van der Waals surface area (Å²) in [7, 11) is 2.24. The molecule has 2 aromatic rings. The lowest BCUT2D eigenvalue weighted by Crippen LogP contribution is -3.12. The predicted octanol–water partition coefficient (Wildman–Crippen LogP) is 1.40. The Morgan fingerprint density at radius 1 is 1.31 bits per heavy atom. The molecule has 0 unspecified atom stereocenters. The van der Waals surface area contributed by atoms with E-state index in [2.05, 4.69) is 35.2 Å². The Morgan fingerprint density at radius 2 is 2.10 bits per heavy atom. The molecule has 4 rings (SSSR count). The van der Waals surface area contributed by atoms with Gasteiger partial charge in [-0.15, -0.1) is 0 Å². The largest absolute Gasteiger partial charge is 0.455 e. The van der Waals surface area contributed by atoms with Gasteiger partial charge in [-0.2, -0.15) is 0 Å². The number of nitrogens with one attached hydrogen (secondary N) is 2. The fourth-order valence-electron chi connectivity index (χ4n) is 3.34. The maximum Gasteiger partial charge on any atom is 0.287 e. The average molecular weight is 417 g/mol. The fraction of sp³-hybridized carbons (Fsp3) is 0.571. The number of hydrogen-bond acceptors (Lipinski definition) is 6. The van der Waals surface area contributed by atoms with Crippen LogP contribution in [0, 0.1) is 5.92 Å². The van der Waals surface area contributed by atoms with E-state index in [1.165, 1.54) is 12.8 Å². The van der Waals surface area contributed by atoms with Gasteiger partial charge in [0.05, 0.1) is 39.0 Å². The molecule has 29 heavy (non-hydrogen) atoms. The van der Waals surface area contributed by atoms with Gasteiger partial charge < -0.3 is 19.5 Å². The van der Waals surface area contributed by atoms with Gasteiger partial charge in [0.15, 0.2) is 10.9 Å². The first-order valence-electron chi connectivity index (χ1n) is 10.5. The summed E-state index contributed by atoms with van der Waals surface area (Å²) in [5.74, 6) is 3.30. The van der Waals surface area contributed by atoms with E-state index in [4.69, 9.17) is 9.40 Å². The number of quaternary nitrogens is 1. The molecule has 7 nitrogen and oxygen atoms in total. The molecular weight excluding hydrogens is 386 g/mol. The molecule has 0 spiro atoms. The molecule has 2 N–H and O–H groups in total. The molecular formula is C21H30N5O2S+. The van der Waals surface area contributed by atoms with Crippen LogP contribution in [0.3, 0.4) is 0 Å². The number of likely N-dealkylation sites (N-methyl/N-ethyl adjacent to an activating group) is 1. The topological polar surface area (TPSA) is 75.7 Å². The highest BCUT2D eigenvalue weighted by Gasteiger charge is 2.23. The number of aromatic nitrogens is 2. The standard InChI is InChI=1S/C21H29N5O2S/c1-3-16-12-19(26-10-8-25(2)9-11-26)24-21(23-16)29-14-17-6-7-18(28-17)20(27)22-13-15-4-5-15/h6-7,12,15H,3-5,8-11,13-14H2,1-2H3,(H,22,27)/p+1. The molecule has 2 aromatic heterocycles. The van der Waals surface area contributed by atoms with E-state index in [-0.39, 0.29) is 5.91 Å². The molecule has 0 aromatic carbocycles. The highest BCUT2D eigenvalue weighted by atomic mass is 32.2. The van der Waals surface area contributed by atoms with E-state index in [9.17, 15) is 4.79 Å². The number of rotatable bonds is 8. The van der Waals surface area contributed by atoms with Crippen LogP contribution >= 0.6 is 11.8 Å². The zero-order chi connectivity index (χ0) is 20.2. The van der Waals surface area contributed by atoms with Crippen molar-refractivity contribution in [2.24, 2.45) is 5.92 Å². The SMILES string of the molecule is CCc1cc(N2CC[NH+](C)CC2)nc(SCc2ccc(C(=O)NCC3CC3)o2)n1. The van der Waals surface area contributed by atoms with Crippen LogP contribution in [-0.2, 0) is 12.2 Å². The van der Waals surface area contributed by atoms with Gasteiger partial charge in [0, 0.05) is 18.3 Å². The second-order valence-electron chi connectivity index (χ2n) is 8.01. The molecule has 156 valence electrons. The van der Waals surface area contributed by atoms with Gasteiger partial charge >= 0.3 is 0 Å². The van der Waals surface area contributed by atoms with E-state index in [1.54, 1.807) is 22.7 Å². The van der Waals surface area contributed by atoms with Crippen molar-refractivity contribution < 1.29 is 14.1 Å². The van der Waals surface area contributed by atoms with Gasteiger partial charge in [-0.3, -0.25) is 4.79 Å². The average Bonchev–Trinajstić information content (AvgIpc) is 3.45. The molecule has 0 bridgehead atoms. The van der Waals surface area contributed by atoms with Crippen molar-refractivity contribution in [3.05, 3.63) is 35.4 Å². The summed E-state index contributed by atoms with van der Waals surface area (Å²) in [5.41, 5.74) is 1.06. The van der Waals surface area contributed by atoms with Crippen molar-refractivity contribution in [2.45, 2.75) is 37.1 Å². The predicted molar refractivity (Wildman–Crippen MR) is 114 cm³/mol. The smallest absolute Gasteiger partial charge is 0.287 e. The van der Waals surface area contributed by atoms with Crippen LogP contribution in [0.5, 0.6) is 0 Å². The van der Waals surface area contributed by atoms with Crippen molar-refractivity contribution in [1.82, 2.24) is 15.3 Å². The number of carbonyl (C=O) groups is 1. The Labute approximate surface area is 176 Å². The molecule has 0 atom stereocenters. The summed E-state index contributed by atoms with van der Waals surface area (Å²) in [6, 6.07) is 5.73. The third kappa shape index (κ3) is 5.51. The van der Waals surface area contributed by atoms with Gasteiger partial charge in [-0.05, 0) is 37.3 Å². The number of nitrogens with zero attached hydrogens (tertiary/aromatic N) is 3. The number of hydrogen-bond donors (Lipinski definition) is 2. The van der Waals surface area contributed by atoms with Gasteiger partial charge in [0.1, 0.15) is 11.6 Å². The second-order valence-corrected chi connectivity index (χ2v) is 8.95. The third-order valence-corrected chi connectivity index (χ3v) is 6.40. The van der Waals surface area contributed by atoms with Crippen LogP contribution in [0.15, 0.2) is 27.8 Å². The molecule has 0 radical (unpaired) electrons. The van der Waals surface area contributed by atoms with Gasteiger partial charge in [0.25, 0.3) is 5.91 Å². The minimum atomic E-state index is -0.128. The lowest BCUT2D eigenvalue weighted by molar-refractivity contribution is -0.880. The van der Waals surface area contributed by atoms with Crippen LogP contribution in [0.2, 0.25) is 0 Å². The number of aryl methyl sites for hydroxylation is 1. The van der Waals surface area contributed by atoms with E-state index in [0.29, 0.717) is 17.4 Å². The van der Waals surface area contributed by atoms with Crippen LogP contribution in [-0.4, -0.2) is 55.6 Å².